The van der Waals surface area contributed by atoms with Crippen LogP contribution < -0.4 is 0 Å². The van der Waals surface area contributed by atoms with Gasteiger partial charge in [0.05, 0.1) is 48.7 Å². The molecule has 338 valence electrons. The zero-order valence-electron chi connectivity index (χ0n) is 36.3. The van der Waals surface area contributed by atoms with Crippen LogP contribution in [0.3, 0.4) is 0 Å². The van der Waals surface area contributed by atoms with Crippen LogP contribution in [-0.4, -0.2) is 72.5 Å². The number of carbonyl (C=O) groups is 6. The molecule has 60 heavy (non-hydrogen) atoms. The predicted octanol–water partition coefficient (Wildman–Crippen LogP) is 11.8. The van der Waals surface area contributed by atoms with Gasteiger partial charge in [-0.1, -0.05) is 167 Å². The van der Waals surface area contributed by atoms with Crippen LogP contribution in [0.25, 0.3) is 0 Å². The molecule has 12 nitrogen and oxygen atoms in total. The second-order valence-corrected chi connectivity index (χ2v) is 15.5. The van der Waals surface area contributed by atoms with E-state index in [-0.39, 0.29) is 36.3 Å². The van der Waals surface area contributed by atoms with E-state index in [4.69, 9.17) is 18.9 Å². The summed E-state index contributed by atoms with van der Waals surface area (Å²) in [6, 6.07) is 1.79. The second-order valence-electron chi connectivity index (χ2n) is 15.5. The minimum Gasteiger partial charge on any atom is -0.478 e. The van der Waals surface area contributed by atoms with Crippen molar-refractivity contribution in [1.82, 2.24) is 0 Å². The molecule has 0 bridgehead atoms. The van der Waals surface area contributed by atoms with Gasteiger partial charge in [-0.15, -0.1) is 0 Å². The highest BCUT2D eigenvalue weighted by Gasteiger charge is 2.27. The Bertz CT molecular complexity index is 1310. The highest BCUT2D eigenvalue weighted by Crippen LogP contribution is 2.22. The Balaban J connectivity index is 2.27. The first-order chi connectivity index (χ1) is 29.1. The topological polar surface area (TPSA) is 180 Å². The number of esters is 4. The van der Waals surface area contributed by atoms with Crippen molar-refractivity contribution in [2.75, 3.05) is 26.4 Å². The van der Waals surface area contributed by atoms with Crippen molar-refractivity contribution in [3.63, 3.8) is 0 Å². The van der Waals surface area contributed by atoms with Gasteiger partial charge >= 0.3 is 35.8 Å². The van der Waals surface area contributed by atoms with Gasteiger partial charge in [-0.05, 0) is 37.8 Å². The van der Waals surface area contributed by atoms with Crippen molar-refractivity contribution in [3.05, 3.63) is 59.7 Å². The summed E-state index contributed by atoms with van der Waals surface area (Å²) in [5, 5.41) is 19.3. The number of carboxylic acids is 2. The summed E-state index contributed by atoms with van der Waals surface area (Å²) < 4.78 is 20.8. The van der Waals surface area contributed by atoms with Crippen molar-refractivity contribution in [1.29, 1.82) is 0 Å². The molecule has 0 saturated carbocycles. The van der Waals surface area contributed by atoms with E-state index in [1.807, 2.05) is 0 Å². The van der Waals surface area contributed by atoms with E-state index in [2.05, 4.69) is 13.2 Å². The lowest BCUT2D eigenvalue weighted by Crippen LogP contribution is -2.19. The van der Waals surface area contributed by atoms with Gasteiger partial charge in [0.1, 0.15) is 0 Å². The molecule has 0 spiro atoms. The Morgan fingerprint density at radius 3 is 0.750 bits per heavy atom. The van der Waals surface area contributed by atoms with Crippen molar-refractivity contribution in [2.45, 2.75) is 180 Å². The van der Waals surface area contributed by atoms with Crippen LogP contribution in [0.15, 0.2) is 37.4 Å². The van der Waals surface area contributed by atoms with E-state index in [1.54, 1.807) is 0 Å². The average Bonchev–Trinajstić information content (AvgIpc) is 3.24. The predicted molar refractivity (Wildman–Crippen MR) is 233 cm³/mol. The molecule has 0 heterocycles. The SMILES string of the molecule is C=CC(=O)OCCCCCCCCCCCCCCCCOC(=O)c1cc(C(=O)O)c(C(=O)O)cc1C(=O)OCCCCCCCCCCCCCCCCOC(=O)C=C. The zero-order valence-corrected chi connectivity index (χ0v) is 36.3. The second kappa shape index (κ2) is 36.4. The molecule has 0 fully saturated rings. The molecule has 0 atom stereocenters. The number of ether oxygens (including phenoxy) is 4. The number of hydrogen-bond donors (Lipinski definition) is 2. The van der Waals surface area contributed by atoms with Crippen LogP contribution in [0.2, 0.25) is 0 Å². The first kappa shape index (κ1) is 53.5. The number of unbranched alkanes of at least 4 members (excludes halogenated alkanes) is 26. The van der Waals surface area contributed by atoms with E-state index in [9.17, 15) is 39.0 Å². The molecule has 0 unspecified atom stereocenters. The lowest BCUT2D eigenvalue weighted by molar-refractivity contribution is -0.138. The molecule has 0 saturated heterocycles. The summed E-state index contributed by atoms with van der Waals surface area (Å²) in [5.41, 5.74) is -1.86. The Morgan fingerprint density at radius 1 is 0.350 bits per heavy atom. The molecule has 0 aliphatic rings. The van der Waals surface area contributed by atoms with Crippen molar-refractivity contribution in [3.8, 4) is 0 Å². The molecule has 1 aromatic carbocycles. The summed E-state index contributed by atoms with van der Waals surface area (Å²) >= 11 is 0. The Kier molecular flexibility index (Phi) is 32.5. The van der Waals surface area contributed by atoms with Gasteiger partial charge in [0, 0.05) is 12.2 Å². The van der Waals surface area contributed by atoms with Crippen LogP contribution in [-0.2, 0) is 28.5 Å². The molecular formula is C48H74O12. The van der Waals surface area contributed by atoms with E-state index < -0.39 is 35.0 Å². The smallest absolute Gasteiger partial charge is 0.339 e. The minimum absolute atomic E-state index is 0.0928. The van der Waals surface area contributed by atoms with E-state index in [0.717, 1.165) is 102 Å². The molecule has 0 aromatic heterocycles. The third kappa shape index (κ3) is 27.3. The largest absolute Gasteiger partial charge is 0.478 e. The molecule has 1 aromatic rings. The van der Waals surface area contributed by atoms with Crippen LogP contribution in [0.5, 0.6) is 0 Å². The summed E-state index contributed by atoms with van der Waals surface area (Å²) in [5.74, 6) is -5.58. The zero-order chi connectivity index (χ0) is 44.1. The fourth-order valence-corrected chi connectivity index (χ4v) is 6.89. The van der Waals surface area contributed by atoms with Gasteiger partial charge in [-0.25, -0.2) is 28.8 Å². The van der Waals surface area contributed by atoms with Crippen LogP contribution in [0, 0.1) is 0 Å². The van der Waals surface area contributed by atoms with E-state index in [1.165, 1.54) is 89.2 Å². The Morgan fingerprint density at radius 2 is 0.550 bits per heavy atom. The number of carbonyl (C=O) groups excluding carboxylic acids is 4. The highest BCUT2D eigenvalue weighted by atomic mass is 16.5. The molecule has 0 radical (unpaired) electrons. The maximum atomic E-state index is 13.1. The van der Waals surface area contributed by atoms with Crippen LogP contribution >= 0.6 is 0 Å². The van der Waals surface area contributed by atoms with Gasteiger partial charge in [0.25, 0.3) is 0 Å². The fraction of sp³-hybridized carbons (Fsp3) is 0.667. The fourth-order valence-electron chi connectivity index (χ4n) is 6.89. The molecule has 0 amide bonds. The first-order valence-corrected chi connectivity index (χ1v) is 22.7. The van der Waals surface area contributed by atoms with Crippen molar-refractivity contribution in [2.24, 2.45) is 0 Å². The van der Waals surface area contributed by atoms with Gasteiger partial charge in [0.15, 0.2) is 0 Å². The quantitative estimate of drug-likeness (QED) is 0.0277. The van der Waals surface area contributed by atoms with Gasteiger partial charge in [0.2, 0.25) is 0 Å². The van der Waals surface area contributed by atoms with Gasteiger partial charge in [-0.2, -0.15) is 0 Å². The summed E-state index contributed by atoms with van der Waals surface area (Å²) in [4.78, 5) is 71.9. The molecule has 0 aliphatic heterocycles. The lowest BCUT2D eigenvalue weighted by Gasteiger charge is -2.13. The normalized spacial score (nSPS) is 10.8. The van der Waals surface area contributed by atoms with Gasteiger partial charge in [-0.3, -0.25) is 0 Å². The van der Waals surface area contributed by atoms with E-state index in [0.29, 0.717) is 26.1 Å². The van der Waals surface area contributed by atoms with Crippen LogP contribution in [0.4, 0.5) is 0 Å². The number of benzene rings is 1. The molecule has 2 N–H and O–H groups in total. The Hall–Kier alpha value is -4.48. The maximum absolute atomic E-state index is 13.1. The monoisotopic (exact) mass is 843 g/mol. The summed E-state index contributed by atoms with van der Waals surface area (Å²) in [6.45, 7) is 7.87. The number of rotatable bonds is 40. The number of hydrogen-bond acceptors (Lipinski definition) is 10. The van der Waals surface area contributed by atoms with Gasteiger partial charge < -0.3 is 29.2 Å². The standard InChI is InChI=1S/C48H74O12/c1-3-43(49)57-33-29-25-21-17-13-9-5-7-11-15-19-23-27-31-35-59-47(55)41-37-39(45(51)52)40(46(53)54)38-42(41)48(56)60-36-32-28-24-20-16-12-8-6-10-14-18-22-26-30-34-58-44(50)4-2/h3-4,37-38H,1-2,5-36H2,(H,51,52)(H,53,54). The van der Waals surface area contributed by atoms with Crippen LogP contribution in [0.1, 0.15) is 221 Å². The summed E-state index contributed by atoms with van der Waals surface area (Å²) in [7, 11) is 0. The molecule has 12 heteroatoms. The summed E-state index contributed by atoms with van der Waals surface area (Å²) in [6.07, 6.45) is 32.6. The third-order valence-corrected chi connectivity index (χ3v) is 10.4. The first-order valence-electron chi connectivity index (χ1n) is 22.7. The molecule has 1 rings (SSSR count). The number of aromatic carboxylic acids is 2. The number of carboxylic acid groups (broad SMARTS) is 2. The minimum atomic E-state index is -1.53. The van der Waals surface area contributed by atoms with Crippen molar-refractivity contribution < 1.29 is 57.9 Å². The highest BCUT2D eigenvalue weighted by molar-refractivity contribution is 6.09. The van der Waals surface area contributed by atoms with E-state index >= 15 is 0 Å². The average molecular weight is 843 g/mol. The third-order valence-electron chi connectivity index (χ3n) is 10.4. The molecular weight excluding hydrogens is 769 g/mol. The lowest BCUT2D eigenvalue weighted by atomic mass is 9.98. The maximum Gasteiger partial charge on any atom is 0.339 e. The van der Waals surface area contributed by atoms with Crippen molar-refractivity contribution >= 4 is 35.8 Å². The molecule has 0 aliphatic carbocycles. The Labute approximate surface area is 358 Å².